The number of hydrogen-bond donors (Lipinski definition) is 2. The van der Waals surface area contributed by atoms with E-state index in [1.54, 1.807) is 42.5 Å². The van der Waals surface area contributed by atoms with Crippen LogP contribution in [0.5, 0.6) is 11.5 Å². The number of rotatable bonds is 4. The molecular weight excluding hydrogens is 261 g/mol. The number of nitrogens with two attached hydrogens (primary N) is 1. The summed E-state index contributed by atoms with van der Waals surface area (Å²) in [6, 6.07) is 12.2. The summed E-state index contributed by atoms with van der Waals surface area (Å²) >= 11 is 0. The van der Waals surface area contributed by atoms with Gasteiger partial charge in [-0.15, -0.1) is 0 Å². The van der Waals surface area contributed by atoms with E-state index in [0.717, 1.165) is 5.56 Å². The predicted octanol–water partition coefficient (Wildman–Crippen LogP) is 2.62. The van der Waals surface area contributed by atoms with Crippen molar-refractivity contribution in [3.63, 3.8) is 0 Å². The number of primary amides is 1. The zero-order chi connectivity index (χ0) is 14.4. The van der Waals surface area contributed by atoms with E-state index in [2.05, 4.69) is 10.5 Å². The van der Waals surface area contributed by atoms with Gasteiger partial charge in [-0.05, 0) is 42.0 Å². The van der Waals surface area contributed by atoms with Crippen molar-refractivity contribution in [1.82, 2.24) is 5.43 Å². The van der Waals surface area contributed by atoms with Gasteiger partial charge in [0.15, 0.2) is 11.6 Å². The zero-order valence-electron chi connectivity index (χ0n) is 10.4. The molecule has 2 aromatic carbocycles. The number of carbonyl (C=O) groups excluding carboxylic acids is 1. The number of benzene rings is 2. The average Bonchev–Trinajstić information content (AvgIpc) is 2.43. The Kier molecular flexibility index (Phi) is 4.28. The number of para-hydroxylation sites is 1. The number of ether oxygens (including phenoxy) is 1. The lowest BCUT2D eigenvalue weighted by atomic mass is 10.2. The van der Waals surface area contributed by atoms with Crippen molar-refractivity contribution in [2.24, 2.45) is 10.8 Å². The Labute approximate surface area is 114 Å². The minimum absolute atomic E-state index is 0.157. The monoisotopic (exact) mass is 273 g/mol. The molecule has 0 saturated heterocycles. The van der Waals surface area contributed by atoms with Crippen molar-refractivity contribution in [2.45, 2.75) is 0 Å². The highest BCUT2D eigenvalue weighted by atomic mass is 19.1. The van der Waals surface area contributed by atoms with Crippen LogP contribution < -0.4 is 15.9 Å². The smallest absolute Gasteiger partial charge is 0.332 e. The number of urea groups is 1. The Morgan fingerprint density at radius 2 is 1.90 bits per heavy atom. The maximum absolute atomic E-state index is 13.4. The van der Waals surface area contributed by atoms with E-state index in [1.165, 1.54) is 12.3 Å². The van der Waals surface area contributed by atoms with E-state index < -0.39 is 11.8 Å². The van der Waals surface area contributed by atoms with Gasteiger partial charge in [-0.3, -0.25) is 0 Å². The van der Waals surface area contributed by atoms with Crippen LogP contribution in [0.4, 0.5) is 9.18 Å². The van der Waals surface area contributed by atoms with Crippen LogP contribution in [0.3, 0.4) is 0 Å². The molecule has 102 valence electrons. The quantitative estimate of drug-likeness (QED) is 0.663. The first-order valence-corrected chi connectivity index (χ1v) is 5.76. The molecule has 2 amide bonds. The molecule has 0 saturated carbocycles. The number of nitrogens with one attached hydrogen (secondary N) is 1. The van der Waals surface area contributed by atoms with Gasteiger partial charge in [0.2, 0.25) is 0 Å². The van der Waals surface area contributed by atoms with Crippen LogP contribution in [0.2, 0.25) is 0 Å². The summed E-state index contributed by atoms with van der Waals surface area (Å²) in [6.07, 6.45) is 1.43. The summed E-state index contributed by atoms with van der Waals surface area (Å²) < 4.78 is 18.8. The summed E-state index contributed by atoms with van der Waals surface area (Å²) in [4.78, 5) is 10.4. The summed E-state index contributed by atoms with van der Waals surface area (Å²) in [5, 5.41) is 3.62. The molecule has 0 bridgehead atoms. The second-order valence-corrected chi connectivity index (χ2v) is 3.84. The molecule has 0 aromatic heterocycles. The fourth-order valence-electron chi connectivity index (χ4n) is 1.45. The molecule has 0 unspecified atom stereocenters. The first-order chi connectivity index (χ1) is 9.65. The minimum atomic E-state index is -0.735. The molecule has 0 atom stereocenters. The first kappa shape index (κ1) is 13.5. The van der Waals surface area contributed by atoms with Gasteiger partial charge in [-0.1, -0.05) is 12.1 Å². The van der Waals surface area contributed by atoms with Gasteiger partial charge >= 0.3 is 6.03 Å². The molecule has 0 fully saturated rings. The Bertz CT molecular complexity index is 627. The zero-order valence-corrected chi connectivity index (χ0v) is 10.4. The summed E-state index contributed by atoms with van der Waals surface area (Å²) in [7, 11) is 0. The molecule has 0 aliphatic heterocycles. The van der Waals surface area contributed by atoms with Crippen LogP contribution >= 0.6 is 0 Å². The lowest BCUT2D eigenvalue weighted by Gasteiger charge is -2.06. The topological polar surface area (TPSA) is 76.7 Å². The highest BCUT2D eigenvalue weighted by Crippen LogP contribution is 2.23. The molecule has 0 radical (unpaired) electrons. The second kappa shape index (κ2) is 6.33. The molecule has 0 aliphatic rings. The molecule has 2 rings (SSSR count). The molecule has 20 heavy (non-hydrogen) atoms. The molecule has 0 heterocycles. The number of halogens is 1. The fourth-order valence-corrected chi connectivity index (χ4v) is 1.45. The van der Waals surface area contributed by atoms with Crippen LogP contribution in [-0.2, 0) is 0 Å². The Balaban J connectivity index is 2.03. The van der Waals surface area contributed by atoms with E-state index in [9.17, 15) is 9.18 Å². The molecule has 3 N–H and O–H groups in total. The second-order valence-electron chi connectivity index (χ2n) is 3.84. The van der Waals surface area contributed by atoms with E-state index in [-0.39, 0.29) is 5.75 Å². The third kappa shape index (κ3) is 3.81. The van der Waals surface area contributed by atoms with Crippen LogP contribution in [0, 0.1) is 5.82 Å². The maximum Gasteiger partial charge on any atom is 0.332 e. The van der Waals surface area contributed by atoms with Crippen LogP contribution in [0.15, 0.2) is 53.6 Å². The first-order valence-electron chi connectivity index (χ1n) is 5.76. The van der Waals surface area contributed by atoms with Crippen molar-refractivity contribution < 1.29 is 13.9 Å². The highest BCUT2D eigenvalue weighted by molar-refractivity contribution is 5.81. The SMILES string of the molecule is NC(=O)N/N=C\c1ccc(Oc2ccccc2F)cc1. The predicted molar refractivity (Wildman–Crippen MR) is 73.2 cm³/mol. The minimum Gasteiger partial charge on any atom is -0.454 e. The van der Waals surface area contributed by atoms with Crippen molar-refractivity contribution in [1.29, 1.82) is 0 Å². The molecular formula is C14H12FN3O2. The number of amides is 2. The molecule has 6 heteroatoms. The van der Waals surface area contributed by atoms with Crippen LogP contribution in [0.1, 0.15) is 5.56 Å². The van der Waals surface area contributed by atoms with Gasteiger partial charge in [0.1, 0.15) is 5.75 Å². The van der Waals surface area contributed by atoms with Gasteiger partial charge in [-0.2, -0.15) is 5.10 Å². The Morgan fingerprint density at radius 1 is 1.20 bits per heavy atom. The molecule has 0 aliphatic carbocycles. The van der Waals surface area contributed by atoms with E-state index in [1.807, 2.05) is 0 Å². The molecule has 0 spiro atoms. The van der Waals surface area contributed by atoms with Crippen molar-refractivity contribution in [3.8, 4) is 11.5 Å². The Hall–Kier alpha value is -2.89. The van der Waals surface area contributed by atoms with Crippen molar-refractivity contribution in [2.75, 3.05) is 0 Å². The summed E-state index contributed by atoms with van der Waals surface area (Å²) in [5.41, 5.74) is 7.68. The largest absolute Gasteiger partial charge is 0.454 e. The van der Waals surface area contributed by atoms with E-state index in [0.29, 0.717) is 5.75 Å². The Morgan fingerprint density at radius 3 is 2.55 bits per heavy atom. The maximum atomic E-state index is 13.4. The normalized spacial score (nSPS) is 10.4. The molecule has 2 aromatic rings. The fraction of sp³-hybridized carbons (Fsp3) is 0. The number of hydrazone groups is 1. The molecule has 5 nitrogen and oxygen atoms in total. The van der Waals surface area contributed by atoms with Crippen LogP contribution in [0.25, 0.3) is 0 Å². The third-order valence-electron chi connectivity index (χ3n) is 2.33. The van der Waals surface area contributed by atoms with Crippen LogP contribution in [-0.4, -0.2) is 12.2 Å². The summed E-state index contributed by atoms with van der Waals surface area (Å²) in [6.45, 7) is 0. The van der Waals surface area contributed by atoms with E-state index in [4.69, 9.17) is 10.5 Å². The average molecular weight is 273 g/mol. The van der Waals surface area contributed by atoms with Crippen molar-refractivity contribution in [3.05, 3.63) is 59.9 Å². The van der Waals surface area contributed by atoms with Gasteiger partial charge in [0.25, 0.3) is 0 Å². The summed E-state index contributed by atoms with van der Waals surface area (Å²) in [5.74, 6) is 0.225. The highest BCUT2D eigenvalue weighted by Gasteiger charge is 2.02. The van der Waals surface area contributed by atoms with Gasteiger partial charge < -0.3 is 10.5 Å². The van der Waals surface area contributed by atoms with Gasteiger partial charge in [0.05, 0.1) is 6.21 Å². The van der Waals surface area contributed by atoms with Gasteiger partial charge in [-0.25, -0.2) is 14.6 Å². The standard InChI is InChI=1S/C14H12FN3O2/c15-12-3-1-2-4-13(12)20-11-7-5-10(6-8-11)9-17-18-14(16)19/h1-9H,(H3,16,18,19)/b17-9-. The van der Waals surface area contributed by atoms with E-state index >= 15 is 0 Å². The van der Waals surface area contributed by atoms with Gasteiger partial charge in [0, 0.05) is 0 Å². The number of hydrogen-bond acceptors (Lipinski definition) is 3. The lowest BCUT2D eigenvalue weighted by Crippen LogP contribution is -2.24. The van der Waals surface area contributed by atoms with Crippen molar-refractivity contribution >= 4 is 12.2 Å². The third-order valence-corrected chi connectivity index (χ3v) is 2.33. The number of carbonyl (C=O) groups is 1. The number of nitrogens with zero attached hydrogens (tertiary/aromatic N) is 1. The lowest BCUT2D eigenvalue weighted by molar-refractivity contribution is 0.249.